The number of benzene rings is 3. The van der Waals surface area contributed by atoms with E-state index in [-0.39, 0.29) is 23.1 Å². The molecule has 0 saturated heterocycles. The molecule has 3 aromatic carbocycles. The Hall–Kier alpha value is -2.89. The van der Waals surface area contributed by atoms with Gasteiger partial charge >= 0.3 is 0 Å². The van der Waals surface area contributed by atoms with Crippen molar-refractivity contribution in [2.45, 2.75) is 43.5 Å². The minimum atomic E-state index is -3.89. The van der Waals surface area contributed by atoms with Gasteiger partial charge in [0.2, 0.25) is 10.0 Å². The Balaban J connectivity index is 1.65. The van der Waals surface area contributed by atoms with Crippen molar-refractivity contribution in [3.05, 3.63) is 94.0 Å². The third kappa shape index (κ3) is 6.95. The molecule has 4 rings (SSSR count). The number of hydrogen-bond donors (Lipinski definition) is 0. The molecule has 6 nitrogen and oxygen atoms in total. The highest BCUT2D eigenvalue weighted by atomic mass is 35.5. The topological polar surface area (TPSA) is 73.6 Å². The monoisotopic (exact) mass is 551 g/mol. The van der Waals surface area contributed by atoms with Gasteiger partial charge in [-0.2, -0.15) is 9.57 Å². The summed E-state index contributed by atoms with van der Waals surface area (Å²) < 4.78 is 35.1. The average Bonchev–Trinajstić information content (AvgIpc) is 2.90. The van der Waals surface area contributed by atoms with Crippen LogP contribution in [-0.2, 0) is 16.6 Å². The number of rotatable bonds is 3. The molecule has 1 unspecified atom stereocenters. The van der Waals surface area contributed by atoms with Gasteiger partial charge in [0, 0.05) is 25.2 Å². The predicted molar refractivity (Wildman–Crippen MR) is 151 cm³/mol. The van der Waals surface area contributed by atoms with Crippen molar-refractivity contribution in [3.8, 4) is 11.8 Å². The first kappa shape index (κ1) is 28.1. The van der Waals surface area contributed by atoms with Crippen LogP contribution in [0, 0.1) is 18.3 Å². The van der Waals surface area contributed by atoms with Crippen molar-refractivity contribution >= 4 is 21.6 Å². The van der Waals surface area contributed by atoms with Crippen LogP contribution in [0.25, 0.3) is 0 Å². The first-order valence-corrected chi connectivity index (χ1v) is 14.8. The fourth-order valence-electron chi connectivity index (χ4n) is 4.96. The first-order valence-electron chi connectivity index (χ1n) is 12.9. The van der Waals surface area contributed by atoms with Crippen molar-refractivity contribution in [1.82, 2.24) is 9.21 Å². The maximum atomic E-state index is 13.7. The number of nitriles is 1. The van der Waals surface area contributed by atoms with E-state index in [1.807, 2.05) is 24.3 Å². The number of aryl methyl sites for hydroxylation is 1. The van der Waals surface area contributed by atoms with Crippen LogP contribution in [0.2, 0.25) is 5.02 Å². The fourth-order valence-corrected chi connectivity index (χ4v) is 6.94. The molecule has 0 radical (unpaired) electrons. The molecule has 0 spiro atoms. The van der Waals surface area contributed by atoms with Crippen LogP contribution in [0.4, 0.5) is 0 Å². The third-order valence-electron chi connectivity index (χ3n) is 7.02. The molecule has 8 heteroatoms. The van der Waals surface area contributed by atoms with Gasteiger partial charge in [0.05, 0.1) is 16.7 Å². The van der Waals surface area contributed by atoms with Crippen molar-refractivity contribution < 1.29 is 13.2 Å². The summed E-state index contributed by atoms with van der Waals surface area (Å²) >= 11 is 6.34. The van der Waals surface area contributed by atoms with E-state index in [0.717, 1.165) is 42.8 Å². The maximum absolute atomic E-state index is 13.7. The van der Waals surface area contributed by atoms with Gasteiger partial charge in [-0.05, 0) is 75.5 Å². The van der Waals surface area contributed by atoms with E-state index >= 15 is 0 Å². The van der Waals surface area contributed by atoms with Gasteiger partial charge in [0.1, 0.15) is 17.3 Å². The predicted octanol–water partition coefficient (Wildman–Crippen LogP) is 5.99. The summed E-state index contributed by atoms with van der Waals surface area (Å²) in [6, 6.07) is 22.9. The SMILES string of the molecule is Cc1ccc2c(c1)CN(C)CCC(c1ccccc1)CCCN(S(=O)(=O)c1ccc(C#N)cc1Cl)CCO2. The fraction of sp³-hybridized carbons (Fsp3) is 0.367. The summed E-state index contributed by atoms with van der Waals surface area (Å²) in [7, 11) is -1.76. The van der Waals surface area contributed by atoms with Crippen LogP contribution >= 0.6 is 11.6 Å². The minimum absolute atomic E-state index is 0.0107. The Morgan fingerprint density at radius 1 is 1.00 bits per heavy atom. The molecule has 38 heavy (non-hydrogen) atoms. The molecule has 1 aliphatic heterocycles. The smallest absolute Gasteiger partial charge is 0.244 e. The molecule has 0 N–H and O–H groups in total. The molecule has 1 aliphatic rings. The zero-order valence-electron chi connectivity index (χ0n) is 21.9. The van der Waals surface area contributed by atoms with E-state index in [0.29, 0.717) is 24.4 Å². The summed E-state index contributed by atoms with van der Waals surface area (Å²) in [5, 5.41) is 9.22. The normalized spacial score (nSPS) is 18.5. The number of nitrogens with zero attached hydrogens (tertiary/aromatic N) is 3. The van der Waals surface area contributed by atoms with E-state index in [1.165, 1.54) is 28.1 Å². The highest BCUT2D eigenvalue weighted by Crippen LogP contribution is 2.30. The second kappa shape index (κ2) is 12.8. The lowest BCUT2D eigenvalue weighted by Crippen LogP contribution is -2.36. The van der Waals surface area contributed by atoms with Gasteiger partial charge in [0.15, 0.2) is 0 Å². The van der Waals surface area contributed by atoms with Gasteiger partial charge in [0.25, 0.3) is 0 Å². The van der Waals surface area contributed by atoms with Crippen LogP contribution < -0.4 is 4.74 Å². The second-order valence-corrected chi connectivity index (χ2v) is 12.2. The quantitative estimate of drug-likeness (QED) is 0.400. The maximum Gasteiger partial charge on any atom is 0.244 e. The second-order valence-electron chi connectivity index (χ2n) is 9.90. The lowest BCUT2D eigenvalue weighted by atomic mass is 9.91. The van der Waals surface area contributed by atoms with Crippen LogP contribution in [-0.4, -0.2) is 50.9 Å². The number of hydrogen-bond acceptors (Lipinski definition) is 5. The van der Waals surface area contributed by atoms with Crippen molar-refractivity contribution in [1.29, 1.82) is 5.26 Å². The van der Waals surface area contributed by atoms with Gasteiger partial charge in [-0.25, -0.2) is 8.42 Å². The highest BCUT2D eigenvalue weighted by molar-refractivity contribution is 7.89. The molecule has 0 amide bonds. The molecule has 0 fully saturated rings. The highest BCUT2D eigenvalue weighted by Gasteiger charge is 2.27. The van der Waals surface area contributed by atoms with E-state index in [9.17, 15) is 8.42 Å². The van der Waals surface area contributed by atoms with Crippen LogP contribution in [0.15, 0.2) is 71.6 Å². The zero-order valence-corrected chi connectivity index (χ0v) is 23.5. The molecule has 0 aromatic heterocycles. The summed E-state index contributed by atoms with van der Waals surface area (Å²) in [4.78, 5) is 2.34. The molecule has 200 valence electrons. The molecule has 0 bridgehead atoms. The van der Waals surface area contributed by atoms with Gasteiger partial charge in [-0.15, -0.1) is 0 Å². The van der Waals surface area contributed by atoms with Gasteiger partial charge in [-0.1, -0.05) is 59.6 Å². The van der Waals surface area contributed by atoms with E-state index in [4.69, 9.17) is 21.6 Å². The molecule has 3 aromatic rings. The summed E-state index contributed by atoms with van der Waals surface area (Å²) in [6.07, 6.45) is 2.53. The Kier molecular flexibility index (Phi) is 9.45. The van der Waals surface area contributed by atoms with Gasteiger partial charge < -0.3 is 9.64 Å². The summed E-state index contributed by atoms with van der Waals surface area (Å²) in [5.74, 6) is 1.09. The molecule has 0 aliphatic carbocycles. The lowest BCUT2D eigenvalue weighted by molar-refractivity contribution is 0.252. The number of ether oxygens (including phenoxy) is 1. The van der Waals surface area contributed by atoms with E-state index < -0.39 is 10.0 Å². The summed E-state index contributed by atoms with van der Waals surface area (Å²) in [6.45, 7) is 4.48. The average molecular weight is 552 g/mol. The Labute approximate surface area is 231 Å². The molecular weight excluding hydrogens is 518 g/mol. The first-order chi connectivity index (χ1) is 18.3. The van der Waals surface area contributed by atoms with Crippen molar-refractivity contribution in [2.24, 2.45) is 0 Å². The largest absolute Gasteiger partial charge is 0.492 e. The minimum Gasteiger partial charge on any atom is -0.492 e. The molecular formula is C30H34ClN3O3S. The van der Waals surface area contributed by atoms with E-state index in [1.54, 1.807) is 0 Å². The van der Waals surface area contributed by atoms with E-state index in [2.05, 4.69) is 49.2 Å². The Bertz CT molecular complexity index is 1390. The summed E-state index contributed by atoms with van der Waals surface area (Å²) in [5.41, 5.74) is 3.84. The molecule has 1 atom stereocenters. The lowest BCUT2D eigenvalue weighted by Gasteiger charge is -2.27. The number of fused-ring (bicyclic) bond motifs is 1. The van der Waals surface area contributed by atoms with Crippen LogP contribution in [0.3, 0.4) is 0 Å². The molecule has 0 saturated carbocycles. The standard InChI is InChI=1S/C30H34ClN3O3S/c1-23-10-12-29-27(19-23)22-33(2)16-14-26(25-7-4-3-5-8-25)9-6-15-34(17-18-37-29)38(35,36)30-13-11-24(21-32)20-28(30)31/h3-5,7-8,10-13,19-20,26H,6,9,14-18,22H2,1-2H3. The van der Waals surface area contributed by atoms with Gasteiger partial charge in [-0.3, -0.25) is 0 Å². The molecule has 1 heterocycles. The Morgan fingerprint density at radius 2 is 1.79 bits per heavy atom. The van der Waals surface area contributed by atoms with Crippen molar-refractivity contribution in [3.63, 3.8) is 0 Å². The number of halogens is 1. The third-order valence-corrected chi connectivity index (χ3v) is 9.41. The van der Waals surface area contributed by atoms with Crippen LogP contribution in [0.5, 0.6) is 5.75 Å². The number of sulfonamides is 1. The van der Waals surface area contributed by atoms with Crippen molar-refractivity contribution in [2.75, 3.05) is 33.3 Å². The Morgan fingerprint density at radius 3 is 2.53 bits per heavy atom. The zero-order chi connectivity index (χ0) is 27.1. The van der Waals surface area contributed by atoms with Crippen LogP contribution in [0.1, 0.15) is 47.4 Å².